The first-order valence-electron chi connectivity index (χ1n) is 6.87. The van der Waals surface area contributed by atoms with Crippen molar-refractivity contribution in [2.24, 2.45) is 11.0 Å². The summed E-state index contributed by atoms with van der Waals surface area (Å²) < 4.78 is 24.0. The van der Waals surface area contributed by atoms with E-state index in [9.17, 15) is 28.2 Å². The molecule has 3 unspecified atom stereocenters. The van der Waals surface area contributed by atoms with Crippen LogP contribution in [-0.4, -0.2) is 65.6 Å². The molecular formula is C12H16N4O6S. The maximum atomic E-state index is 12.0. The maximum absolute atomic E-state index is 12.0. The van der Waals surface area contributed by atoms with Gasteiger partial charge in [0.15, 0.2) is 9.84 Å². The Balaban J connectivity index is 2.23. The molecular weight excluding hydrogens is 328 g/mol. The standard InChI is InChI=1S/C12H16N4O6S/c1-6(17)9-8-4-7(5-23(21,22)3-2-14-15-13)10(12(19)20)16(8)11(9)18/h6,8-9,17H,2-5H2,1H3,(H,19,20). The minimum absolute atomic E-state index is 0.101. The first kappa shape index (κ1) is 17.3. The number of hydrogen-bond donors (Lipinski definition) is 2. The highest BCUT2D eigenvalue weighted by molar-refractivity contribution is 7.91. The second-order valence-corrected chi connectivity index (χ2v) is 7.73. The van der Waals surface area contributed by atoms with E-state index in [2.05, 4.69) is 10.0 Å². The lowest BCUT2D eigenvalue weighted by atomic mass is 9.83. The van der Waals surface area contributed by atoms with Crippen LogP contribution in [0.4, 0.5) is 0 Å². The van der Waals surface area contributed by atoms with E-state index in [4.69, 9.17) is 5.53 Å². The Hall–Kier alpha value is -2.10. The van der Waals surface area contributed by atoms with Crippen LogP contribution in [0.3, 0.4) is 0 Å². The number of azide groups is 1. The molecule has 0 aliphatic carbocycles. The van der Waals surface area contributed by atoms with Crippen LogP contribution < -0.4 is 0 Å². The Labute approximate surface area is 131 Å². The Bertz CT molecular complexity index is 722. The molecule has 1 amide bonds. The van der Waals surface area contributed by atoms with Gasteiger partial charge in [0.1, 0.15) is 5.70 Å². The van der Waals surface area contributed by atoms with Gasteiger partial charge in [-0.15, -0.1) is 0 Å². The number of fused-ring (bicyclic) bond motifs is 1. The lowest BCUT2D eigenvalue weighted by Crippen LogP contribution is -2.61. The number of sulfone groups is 1. The predicted octanol–water partition coefficient (Wildman–Crippen LogP) is -0.338. The molecule has 0 aromatic carbocycles. The highest BCUT2D eigenvalue weighted by atomic mass is 32.2. The minimum atomic E-state index is -3.66. The number of nitrogens with zero attached hydrogens (tertiary/aromatic N) is 4. The van der Waals surface area contributed by atoms with Gasteiger partial charge in [-0.25, -0.2) is 13.2 Å². The van der Waals surface area contributed by atoms with Crippen molar-refractivity contribution in [2.75, 3.05) is 18.1 Å². The molecule has 0 aromatic rings. The molecule has 0 aromatic heterocycles. The smallest absolute Gasteiger partial charge is 0.352 e. The number of carboxylic acids is 1. The zero-order chi connectivity index (χ0) is 17.4. The van der Waals surface area contributed by atoms with Gasteiger partial charge >= 0.3 is 5.97 Å². The van der Waals surface area contributed by atoms with Crippen LogP contribution in [0.15, 0.2) is 16.4 Å². The van der Waals surface area contributed by atoms with Crippen molar-refractivity contribution < 1.29 is 28.2 Å². The lowest BCUT2D eigenvalue weighted by molar-refractivity contribution is -0.161. The van der Waals surface area contributed by atoms with E-state index in [1.165, 1.54) is 6.92 Å². The van der Waals surface area contributed by atoms with Crippen molar-refractivity contribution in [1.82, 2.24) is 4.90 Å². The van der Waals surface area contributed by atoms with Crippen molar-refractivity contribution in [3.63, 3.8) is 0 Å². The molecule has 2 heterocycles. The van der Waals surface area contributed by atoms with Gasteiger partial charge in [0.2, 0.25) is 5.91 Å². The normalized spacial score (nSPS) is 24.8. The van der Waals surface area contributed by atoms with Crippen LogP contribution in [0.2, 0.25) is 0 Å². The predicted molar refractivity (Wildman–Crippen MR) is 77.8 cm³/mol. The molecule has 1 saturated heterocycles. The Morgan fingerprint density at radius 3 is 2.74 bits per heavy atom. The summed E-state index contributed by atoms with van der Waals surface area (Å²) in [4.78, 5) is 26.9. The molecule has 23 heavy (non-hydrogen) atoms. The molecule has 2 N–H and O–H groups in total. The number of carbonyl (C=O) groups excluding carboxylic acids is 1. The van der Waals surface area contributed by atoms with Gasteiger partial charge < -0.3 is 15.1 Å². The summed E-state index contributed by atoms with van der Waals surface area (Å²) in [5.74, 6) is -3.50. The molecule has 0 saturated carbocycles. The van der Waals surface area contributed by atoms with Crippen molar-refractivity contribution in [1.29, 1.82) is 0 Å². The zero-order valence-corrected chi connectivity index (χ0v) is 13.1. The fraction of sp³-hybridized carbons (Fsp3) is 0.667. The van der Waals surface area contributed by atoms with Crippen LogP contribution >= 0.6 is 0 Å². The van der Waals surface area contributed by atoms with E-state index >= 15 is 0 Å². The van der Waals surface area contributed by atoms with E-state index in [0.29, 0.717) is 0 Å². The van der Waals surface area contributed by atoms with Gasteiger partial charge in [-0.3, -0.25) is 4.79 Å². The van der Waals surface area contributed by atoms with Crippen molar-refractivity contribution >= 4 is 21.7 Å². The molecule has 11 heteroatoms. The average molecular weight is 344 g/mol. The van der Waals surface area contributed by atoms with E-state index in [1.807, 2.05) is 0 Å². The summed E-state index contributed by atoms with van der Waals surface area (Å²) in [6.45, 7) is 1.20. The summed E-state index contributed by atoms with van der Waals surface area (Å²) >= 11 is 0. The molecule has 1 fully saturated rings. The third-order valence-corrected chi connectivity index (χ3v) is 5.57. The number of carbonyl (C=O) groups is 2. The first-order valence-corrected chi connectivity index (χ1v) is 8.69. The third kappa shape index (κ3) is 3.16. The molecule has 0 radical (unpaired) electrons. The number of amides is 1. The number of β-lactam (4-membered cyclic amide) rings is 1. The SMILES string of the molecule is CC(O)C1C(=O)N2C(C(=O)O)=C(CS(=O)(=O)CCN=[N+]=[N-])CC12. The molecule has 0 bridgehead atoms. The molecule has 126 valence electrons. The Morgan fingerprint density at radius 1 is 1.57 bits per heavy atom. The fourth-order valence-electron chi connectivity index (χ4n) is 3.05. The quantitative estimate of drug-likeness (QED) is 0.278. The molecule has 2 aliphatic rings. The molecule has 2 rings (SSSR count). The van der Waals surface area contributed by atoms with Gasteiger partial charge in [0.05, 0.1) is 29.6 Å². The van der Waals surface area contributed by atoms with E-state index in [1.54, 1.807) is 0 Å². The second-order valence-electron chi connectivity index (χ2n) is 5.55. The van der Waals surface area contributed by atoms with Crippen LogP contribution in [0.25, 0.3) is 10.4 Å². The highest BCUT2D eigenvalue weighted by Crippen LogP contribution is 2.43. The lowest BCUT2D eigenvalue weighted by Gasteiger charge is -2.44. The number of carboxylic acid groups (broad SMARTS) is 1. The Morgan fingerprint density at radius 2 is 2.22 bits per heavy atom. The molecule has 10 nitrogen and oxygen atoms in total. The van der Waals surface area contributed by atoms with Gasteiger partial charge in [0, 0.05) is 11.5 Å². The van der Waals surface area contributed by atoms with Crippen molar-refractivity contribution in [3.8, 4) is 0 Å². The summed E-state index contributed by atoms with van der Waals surface area (Å²) in [5.41, 5.74) is 7.98. The molecule has 0 spiro atoms. The van der Waals surface area contributed by atoms with Gasteiger partial charge in [-0.1, -0.05) is 5.11 Å². The first-order chi connectivity index (χ1) is 10.7. The fourth-order valence-corrected chi connectivity index (χ4v) is 4.34. The number of hydrogen-bond acceptors (Lipinski definition) is 6. The highest BCUT2D eigenvalue weighted by Gasteiger charge is 2.56. The zero-order valence-electron chi connectivity index (χ0n) is 12.3. The van der Waals surface area contributed by atoms with Crippen LogP contribution in [0.5, 0.6) is 0 Å². The number of aliphatic hydroxyl groups excluding tert-OH is 1. The average Bonchev–Trinajstić information content (AvgIpc) is 2.72. The summed E-state index contributed by atoms with van der Waals surface area (Å²) in [6, 6.07) is -0.518. The summed E-state index contributed by atoms with van der Waals surface area (Å²) in [7, 11) is -3.66. The van der Waals surface area contributed by atoms with E-state index < -0.39 is 51.3 Å². The van der Waals surface area contributed by atoms with Gasteiger partial charge in [-0.05, 0) is 24.4 Å². The number of aliphatic carboxylic acids is 1. The van der Waals surface area contributed by atoms with E-state index in [-0.39, 0.29) is 24.2 Å². The number of aliphatic hydroxyl groups is 1. The van der Waals surface area contributed by atoms with Crippen LogP contribution in [-0.2, 0) is 19.4 Å². The largest absolute Gasteiger partial charge is 0.477 e. The maximum Gasteiger partial charge on any atom is 0.352 e. The third-order valence-electron chi connectivity index (χ3n) is 3.98. The van der Waals surface area contributed by atoms with Crippen molar-refractivity contribution in [3.05, 3.63) is 21.7 Å². The summed E-state index contributed by atoms with van der Waals surface area (Å²) in [5, 5.41) is 22.0. The summed E-state index contributed by atoms with van der Waals surface area (Å²) in [6.07, 6.45) is -0.830. The molecule has 2 aliphatic heterocycles. The van der Waals surface area contributed by atoms with E-state index in [0.717, 1.165) is 4.90 Å². The number of rotatable bonds is 7. The second kappa shape index (κ2) is 6.19. The van der Waals surface area contributed by atoms with Crippen molar-refractivity contribution in [2.45, 2.75) is 25.5 Å². The Kier molecular flexibility index (Phi) is 4.64. The van der Waals surface area contributed by atoms with Gasteiger partial charge in [-0.2, -0.15) is 0 Å². The van der Waals surface area contributed by atoms with Crippen LogP contribution in [0, 0.1) is 5.92 Å². The minimum Gasteiger partial charge on any atom is -0.477 e. The van der Waals surface area contributed by atoms with Crippen LogP contribution in [0.1, 0.15) is 13.3 Å². The monoisotopic (exact) mass is 344 g/mol. The van der Waals surface area contributed by atoms with Gasteiger partial charge in [0.25, 0.3) is 0 Å². The topological polar surface area (TPSA) is 161 Å². The molecule has 3 atom stereocenters.